The summed E-state index contributed by atoms with van der Waals surface area (Å²) in [7, 11) is 0. The number of aliphatic hydroxyl groups excluding tert-OH is 1. The van der Waals surface area contributed by atoms with Gasteiger partial charge in [-0.3, -0.25) is 4.99 Å². The number of nitrogens with zero attached hydrogens (tertiary/aromatic N) is 3. The lowest BCUT2D eigenvalue weighted by molar-refractivity contribution is 0.00927. The van der Waals surface area contributed by atoms with Gasteiger partial charge < -0.3 is 25.0 Å². The molecule has 2 aliphatic rings. The van der Waals surface area contributed by atoms with Crippen LogP contribution in [0, 0.1) is 11.3 Å². The Labute approximate surface area is 206 Å². The lowest BCUT2D eigenvalue weighted by atomic mass is 9.89. The van der Waals surface area contributed by atoms with Gasteiger partial charge in [0.1, 0.15) is 5.60 Å². The molecule has 0 aromatic rings. The van der Waals surface area contributed by atoms with Gasteiger partial charge in [0.15, 0.2) is 5.96 Å². The average molecular weight is 553 g/mol. The van der Waals surface area contributed by atoms with E-state index in [1.165, 1.54) is 12.8 Å². The van der Waals surface area contributed by atoms with Crippen molar-refractivity contribution >= 4 is 36.0 Å². The molecular formula is C23H45IN4O3. The van der Waals surface area contributed by atoms with Crippen LogP contribution in [0.5, 0.6) is 0 Å². The summed E-state index contributed by atoms with van der Waals surface area (Å²) in [6, 6.07) is 0.220. The number of aliphatic hydroxyl groups is 1. The molecule has 1 saturated carbocycles. The van der Waals surface area contributed by atoms with Crippen LogP contribution in [-0.2, 0) is 4.74 Å². The Morgan fingerprint density at radius 3 is 2.23 bits per heavy atom. The predicted octanol–water partition coefficient (Wildman–Crippen LogP) is 4.09. The summed E-state index contributed by atoms with van der Waals surface area (Å²) in [4.78, 5) is 22.0. The number of likely N-dealkylation sites (tertiary alicyclic amines) is 1. The Bertz CT molecular complexity index is 578. The molecule has 1 aliphatic heterocycles. The Hall–Kier alpha value is -0.770. The van der Waals surface area contributed by atoms with E-state index in [4.69, 9.17) is 9.73 Å². The molecule has 0 aromatic carbocycles. The highest BCUT2D eigenvalue weighted by Crippen LogP contribution is 2.32. The van der Waals surface area contributed by atoms with Gasteiger partial charge in [-0.2, -0.15) is 0 Å². The van der Waals surface area contributed by atoms with E-state index in [1.54, 1.807) is 0 Å². The number of ether oxygens (including phenoxy) is 1. The fourth-order valence-electron chi connectivity index (χ4n) is 3.63. The second-order valence-corrected chi connectivity index (χ2v) is 10.3. The van der Waals surface area contributed by atoms with E-state index in [0.717, 1.165) is 51.4 Å². The first-order chi connectivity index (χ1) is 14.1. The van der Waals surface area contributed by atoms with Crippen LogP contribution in [0.25, 0.3) is 0 Å². The first-order valence-electron chi connectivity index (χ1n) is 11.7. The van der Waals surface area contributed by atoms with Gasteiger partial charge in [0.05, 0.1) is 13.2 Å². The van der Waals surface area contributed by atoms with Crippen LogP contribution in [0.3, 0.4) is 0 Å². The van der Waals surface area contributed by atoms with Crippen molar-refractivity contribution in [2.24, 2.45) is 16.3 Å². The molecule has 1 unspecified atom stereocenters. The van der Waals surface area contributed by atoms with Crippen molar-refractivity contribution < 1.29 is 14.6 Å². The molecular weight excluding hydrogens is 507 g/mol. The third-order valence-corrected chi connectivity index (χ3v) is 6.17. The minimum absolute atomic E-state index is 0. The number of hydrogen-bond donors (Lipinski definition) is 2. The smallest absolute Gasteiger partial charge is 0.410 e. The van der Waals surface area contributed by atoms with Crippen molar-refractivity contribution in [3.63, 3.8) is 0 Å². The lowest BCUT2D eigenvalue weighted by Crippen LogP contribution is -2.52. The number of piperidine rings is 1. The fraction of sp³-hybridized carbons (Fsp3) is 0.913. The molecule has 1 atom stereocenters. The molecule has 182 valence electrons. The Kier molecular flexibility index (Phi) is 11.4. The standard InChI is InChI=1S/C23H44N4O3.HI/c1-7-23(6,17-28)16-25-20(24-8-2)26-13-11-19(12-14-26)27(15-18-9-10-18)21(29)30-22(3,4)5;/h18-19,28H,7-17H2,1-6H3,(H,24,25);1H. The normalized spacial score (nSPS) is 20.0. The second-order valence-electron chi connectivity index (χ2n) is 10.3. The van der Waals surface area contributed by atoms with E-state index < -0.39 is 5.60 Å². The molecule has 1 aliphatic carbocycles. The van der Waals surface area contributed by atoms with Crippen LogP contribution >= 0.6 is 24.0 Å². The molecule has 7 nitrogen and oxygen atoms in total. The first-order valence-corrected chi connectivity index (χ1v) is 11.7. The molecule has 0 aromatic heterocycles. The van der Waals surface area contributed by atoms with Gasteiger partial charge in [0.2, 0.25) is 0 Å². The van der Waals surface area contributed by atoms with Gasteiger partial charge in [0, 0.05) is 37.6 Å². The average Bonchev–Trinajstić information content (AvgIpc) is 3.52. The third kappa shape index (κ3) is 9.32. The summed E-state index contributed by atoms with van der Waals surface area (Å²) in [5.41, 5.74) is -0.653. The molecule has 0 bridgehead atoms. The van der Waals surface area contributed by atoms with Gasteiger partial charge in [0.25, 0.3) is 0 Å². The molecule has 31 heavy (non-hydrogen) atoms. The quantitative estimate of drug-likeness (QED) is 0.270. The zero-order valence-corrected chi connectivity index (χ0v) is 22.8. The van der Waals surface area contributed by atoms with Gasteiger partial charge in [-0.05, 0) is 65.7 Å². The van der Waals surface area contributed by atoms with Gasteiger partial charge in [-0.1, -0.05) is 13.8 Å². The summed E-state index contributed by atoms with van der Waals surface area (Å²) in [5, 5.41) is 13.1. The molecule has 1 heterocycles. The third-order valence-electron chi connectivity index (χ3n) is 6.17. The molecule has 0 spiro atoms. The monoisotopic (exact) mass is 552 g/mol. The minimum atomic E-state index is -0.469. The highest BCUT2D eigenvalue weighted by Gasteiger charge is 2.35. The number of amides is 1. The predicted molar refractivity (Wildman–Crippen MR) is 137 cm³/mol. The van der Waals surface area contributed by atoms with Gasteiger partial charge in [-0.15, -0.1) is 24.0 Å². The number of aliphatic imine (C=N–C) groups is 1. The number of hydrogen-bond acceptors (Lipinski definition) is 4. The van der Waals surface area contributed by atoms with Crippen LogP contribution in [0.4, 0.5) is 4.79 Å². The molecule has 1 amide bonds. The highest BCUT2D eigenvalue weighted by atomic mass is 127. The van der Waals surface area contributed by atoms with Crippen LogP contribution in [-0.4, -0.2) is 77.9 Å². The molecule has 1 saturated heterocycles. The van der Waals surface area contributed by atoms with Crippen LogP contribution in [0.15, 0.2) is 4.99 Å². The number of nitrogens with one attached hydrogen (secondary N) is 1. The molecule has 2 N–H and O–H groups in total. The zero-order chi connectivity index (χ0) is 22.4. The number of rotatable bonds is 8. The maximum atomic E-state index is 12.8. The first kappa shape index (κ1) is 28.3. The Morgan fingerprint density at radius 1 is 1.16 bits per heavy atom. The maximum absolute atomic E-state index is 12.8. The highest BCUT2D eigenvalue weighted by molar-refractivity contribution is 14.0. The topological polar surface area (TPSA) is 77.4 Å². The van der Waals surface area contributed by atoms with Crippen molar-refractivity contribution in [3.05, 3.63) is 0 Å². The van der Waals surface area contributed by atoms with Crippen molar-refractivity contribution in [1.29, 1.82) is 0 Å². The van der Waals surface area contributed by atoms with Crippen molar-refractivity contribution in [1.82, 2.24) is 15.1 Å². The second kappa shape index (κ2) is 12.5. The number of halogens is 1. The maximum Gasteiger partial charge on any atom is 0.410 e. The van der Waals surface area contributed by atoms with E-state index in [2.05, 4.69) is 31.0 Å². The molecule has 2 fully saturated rings. The Balaban J connectivity index is 0.00000480. The van der Waals surface area contributed by atoms with Crippen LogP contribution in [0.1, 0.15) is 73.6 Å². The largest absolute Gasteiger partial charge is 0.444 e. The number of carbonyl (C=O) groups is 1. The van der Waals surface area contributed by atoms with E-state index >= 15 is 0 Å². The Morgan fingerprint density at radius 2 is 1.77 bits per heavy atom. The van der Waals surface area contributed by atoms with E-state index in [0.29, 0.717) is 12.5 Å². The van der Waals surface area contributed by atoms with Crippen molar-refractivity contribution in [2.75, 3.05) is 39.3 Å². The minimum Gasteiger partial charge on any atom is -0.444 e. The number of guanidine groups is 1. The summed E-state index contributed by atoms with van der Waals surface area (Å²) >= 11 is 0. The summed E-state index contributed by atoms with van der Waals surface area (Å²) in [5.74, 6) is 1.55. The van der Waals surface area contributed by atoms with Gasteiger partial charge >= 0.3 is 6.09 Å². The molecule has 2 rings (SSSR count). The van der Waals surface area contributed by atoms with Crippen LogP contribution in [0.2, 0.25) is 0 Å². The lowest BCUT2D eigenvalue weighted by Gasteiger charge is -2.40. The van der Waals surface area contributed by atoms with E-state index in [-0.39, 0.29) is 48.1 Å². The van der Waals surface area contributed by atoms with Crippen molar-refractivity contribution in [2.45, 2.75) is 85.3 Å². The SMILES string of the molecule is CCNC(=NCC(C)(CC)CO)N1CCC(N(CC2CC2)C(=O)OC(C)(C)C)CC1.I. The number of carbonyl (C=O) groups excluding carboxylic acids is 1. The molecule has 0 radical (unpaired) electrons. The summed E-state index contributed by atoms with van der Waals surface area (Å²) < 4.78 is 5.71. The van der Waals surface area contributed by atoms with Crippen LogP contribution < -0.4 is 5.32 Å². The van der Waals surface area contributed by atoms with E-state index in [9.17, 15) is 9.90 Å². The van der Waals surface area contributed by atoms with Crippen molar-refractivity contribution in [3.8, 4) is 0 Å². The van der Waals surface area contributed by atoms with E-state index in [1.807, 2.05) is 25.7 Å². The summed E-state index contributed by atoms with van der Waals surface area (Å²) in [6.45, 7) is 16.1. The van der Waals surface area contributed by atoms with Gasteiger partial charge in [-0.25, -0.2) is 4.79 Å². The fourth-order valence-corrected chi connectivity index (χ4v) is 3.63. The zero-order valence-electron chi connectivity index (χ0n) is 20.4. The molecule has 8 heteroatoms. The summed E-state index contributed by atoms with van der Waals surface area (Å²) in [6.07, 6.45) is 4.99.